The first-order valence-electron chi connectivity index (χ1n) is 5.89. The highest BCUT2D eigenvalue weighted by molar-refractivity contribution is 5.29. The summed E-state index contributed by atoms with van der Waals surface area (Å²) in [5.41, 5.74) is 9.79. The fraction of sp³-hybridized carbons (Fsp3) is 0.571. The van der Waals surface area contributed by atoms with Crippen molar-refractivity contribution in [2.45, 2.75) is 40.0 Å². The summed E-state index contributed by atoms with van der Waals surface area (Å²) >= 11 is 0. The van der Waals surface area contributed by atoms with Crippen LogP contribution in [0.15, 0.2) is 18.2 Å². The number of aryl methyl sites for hydroxylation is 3. The first kappa shape index (κ1) is 12.3. The van der Waals surface area contributed by atoms with E-state index in [9.17, 15) is 0 Å². The van der Waals surface area contributed by atoms with Crippen molar-refractivity contribution in [3.63, 3.8) is 0 Å². The molecule has 1 heteroatoms. The van der Waals surface area contributed by atoms with Crippen LogP contribution in [0.4, 0.5) is 0 Å². The molecule has 0 saturated carbocycles. The molecular weight excluding hydrogens is 182 g/mol. The second-order valence-corrected chi connectivity index (χ2v) is 4.64. The first-order valence-corrected chi connectivity index (χ1v) is 5.89. The maximum Gasteiger partial charge on any atom is -0.00747 e. The van der Waals surface area contributed by atoms with Gasteiger partial charge in [-0.3, -0.25) is 0 Å². The van der Waals surface area contributed by atoms with Gasteiger partial charge >= 0.3 is 0 Å². The summed E-state index contributed by atoms with van der Waals surface area (Å²) in [4.78, 5) is 0. The van der Waals surface area contributed by atoms with Crippen LogP contribution in [0.3, 0.4) is 0 Å². The van der Waals surface area contributed by atoms with E-state index in [-0.39, 0.29) is 0 Å². The summed E-state index contributed by atoms with van der Waals surface area (Å²) in [6, 6.07) is 6.78. The zero-order chi connectivity index (χ0) is 11.3. The Kier molecular flexibility index (Phi) is 4.83. The third kappa shape index (κ3) is 4.05. The minimum absolute atomic E-state index is 0.747. The van der Waals surface area contributed by atoms with Crippen LogP contribution < -0.4 is 5.73 Å². The highest BCUT2D eigenvalue weighted by atomic mass is 14.5. The van der Waals surface area contributed by atoms with Crippen LogP contribution >= 0.6 is 0 Å². The fourth-order valence-corrected chi connectivity index (χ4v) is 1.80. The van der Waals surface area contributed by atoms with E-state index < -0.39 is 0 Å². The molecule has 1 nitrogen and oxygen atoms in total. The van der Waals surface area contributed by atoms with Crippen LogP contribution in [0.2, 0.25) is 0 Å². The lowest BCUT2D eigenvalue weighted by Crippen LogP contribution is -2.06. The van der Waals surface area contributed by atoms with Gasteiger partial charge in [0.1, 0.15) is 0 Å². The van der Waals surface area contributed by atoms with E-state index >= 15 is 0 Å². The third-order valence-electron chi connectivity index (χ3n) is 3.16. The molecule has 0 aromatic heterocycles. The molecule has 0 aliphatic heterocycles. The smallest absolute Gasteiger partial charge is 0.00747 e. The standard InChI is InChI=1S/C14H23N/c1-11(8-9-15)4-6-14-7-5-12(2)13(3)10-14/h5,7,10-11H,4,6,8-9,15H2,1-3H3. The predicted molar refractivity (Wildman–Crippen MR) is 67.1 cm³/mol. The second-order valence-electron chi connectivity index (χ2n) is 4.64. The molecule has 0 saturated heterocycles. The van der Waals surface area contributed by atoms with Gasteiger partial charge in [-0.15, -0.1) is 0 Å². The van der Waals surface area contributed by atoms with Crippen molar-refractivity contribution in [3.8, 4) is 0 Å². The van der Waals surface area contributed by atoms with Gasteiger partial charge in [-0.2, -0.15) is 0 Å². The topological polar surface area (TPSA) is 26.0 Å². The molecule has 15 heavy (non-hydrogen) atoms. The van der Waals surface area contributed by atoms with Crippen LogP contribution in [0.1, 0.15) is 36.5 Å². The van der Waals surface area contributed by atoms with Crippen LogP contribution in [0, 0.1) is 19.8 Å². The van der Waals surface area contributed by atoms with Gasteiger partial charge in [-0.05, 0) is 62.3 Å². The van der Waals surface area contributed by atoms with Crippen LogP contribution in [-0.2, 0) is 6.42 Å². The molecule has 0 fully saturated rings. The number of hydrogen-bond acceptors (Lipinski definition) is 1. The van der Waals surface area contributed by atoms with E-state index in [4.69, 9.17) is 5.73 Å². The third-order valence-corrected chi connectivity index (χ3v) is 3.16. The van der Waals surface area contributed by atoms with E-state index in [1.54, 1.807) is 0 Å². The molecule has 1 rings (SSSR count). The zero-order valence-corrected chi connectivity index (χ0v) is 10.2. The molecule has 0 radical (unpaired) electrons. The lowest BCUT2D eigenvalue weighted by molar-refractivity contribution is 0.499. The van der Waals surface area contributed by atoms with Gasteiger partial charge in [0, 0.05) is 0 Å². The molecular formula is C14H23N. The zero-order valence-electron chi connectivity index (χ0n) is 10.2. The Morgan fingerprint density at radius 3 is 2.47 bits per heavy atom. The number of benzene rings is 1. The molecule has 1 aromatic carbocycles. The average molecular weight is 205 g/mol. The molecule has 0 aliphatic rings. The van der Waals surface area contributed by atoms with Gasteiger partial charge < -0.3 is 5.73 Å². The fourth-order valence-electron chi connectivity index (χ4n) is 1.80. The van der Waals surface area contributed by atoms with Crippen molar-refractivity contribution in [2.24, 2.45) is 11.7 Å². The highest BCUT2D eigenvalue weighted by Crippen LogP contribution is 2.15. The maximum atomic E-state index is 5.54. The lowest BCUT2D eigenvalue weighted by atomic mass is 9.96. The Morgan fingerprint density at radius 2 is 1.87 bits per heavy atom. The van der Waals surface area contributed by atoms with Gasteiger partial charge in [-0.25, -0.2) is 0 Å². The number of nitrogens with two attached hydrogens (primary N) is 1. The minimum Gasteiger partial charge on any atom is -0.330 e. The first-order chi connectivity index (χ1) is 7.13. The maximum absolute atomic E-state index is 5.54. The molecule has 1 unspecified atom stereocenters. The molecule has 1 aromatic rings. The van der Waals surface area contributed by atoms with Crippen molar-refractivity contribution in [1.29, 1.82) is 0 Å². The molecule has 0 bridgehead atoms. The molecule has 0 heterocycles. The van der Waals surface area contributed by atoms with Crippen molar-refractivity contribution < 1.29 is 0 Å². The van der Waals surface area contributed by atoms with Crippen molar-refractivity contribution in [1.82, 2.24) is 0 Å². The minimum atomic E-state index is 0.747. The van der Waals surface area contributed by atoms with Gasteiger partial charge in [-0.1, -0.05) is 25.1 Å². The molecule has 84 valence electrons. The summed E-state index contributed by atoms with van der Waals surface area (Å²) in [5.74, 6) is 0.747. The number of rotatable bonds is 5. The Bertz CT molecular complexity index is 304. The summed E-state index contributed by atoms with van der Waals surface area (Å²) in [5, 5.41) is 0. The van der Waals surface area contributed by atoms with E-state index in [0.717, 1.165) is 18.9 Å². The highest BCUT2D eigenvalue weighted by Gasteiger charge is 2.02. The molecule has 2 N–H and O–H groups in total. The molecule has 0 spiro atoms. The molecule has 1 atom stereocenters. The SMILES string of the molecule is Cc1ccc(CCC(C)CCN)cc1C. The van der Waals surface area contributed by atoms with Crippen LogP contribution in [-0.4, -0.2) is 6.54 Å². The molecule has 0 aliphatic carbocycles. The quantitative estimate of drug-likeness (QED) is 0.784. The van der Waals surface area contributed by atoms with Gasteiger partial charge in [0.25, 0.3) is 0 Å². The van der Waals surface area contributed by atoms with E-state index in [1.807, 2.05) is 0 Å². The van der Waals surface area contributed by atoms with E-state index in [1.165, 1.54) is 29.5 Å². The van der Waals surface area contributed by atoms with Gasteiger partial charge in [0.15, 0.2) is 0 Å². The monoisotopic (exact) mass is 205 g/mol. The lowest BCUT2D eigenvalue weighted by Gasteiger charge is -2.10. The van der Waals surface area contributed by atoms with Gasteiger partial charge in [0.05, 0.1) is 0 Å². The largest absolute Gasteiger partial charge is 0.330 e. The molecule has 0 amide bonds. The second kappa shape index (κ2) is 5.92. The average Bonchev–Trinajstić information content (AvgIpc) is 2.20. The van der Waals surface area contributed by atoms with E-state index in [2.05, 4.69) is 39.0 Å². The number of hydrogen-bond donors (Lipinski definition) is 1. The van der Waals surface area contributed by atoms with Crippen molar-refractivity contribution in [3.05, 3.63) is 34.9 Å². The summed E-state index contributed by atoms with van der Waals surface area (Å²) in [6.07, 6.45) is 3.58. The van der Waals surface area contributed by atoms with Crippen LogP contribution in [0.5, 0.6) is 0 Å². The van der Waals surface area contributed by atoms with Crippen molar-refractivity contribution >= 4 is 0 Å². The van der Waals surface area contributed by atoms with E-state index in [0.29, 0.717) is 0 Å². The normalized spacial score (nSPS) is 12.8. The Balaban J connectivity index is 2.47. The Labute approximate surface area is 93.7 Å². The summed E-state index contributed by atoms with van der Waals surface area (Å²) in [6.45, 7) is 7.44. The summed E-state index contributed by atoms with van der Waals surface area (Å²) in [7, 11) is 0. The van der Waals surface area contributed by atoms with Crippen molar-refractivity contribution in [2.75, 3.05) is 6.54 Å². The summed E-state index contributed by atoms with van der Waals surface area (Å²) < 4.78 is 0. The van der Waals surface area contributed by atoms with Crippen LogP contribution in [0.25, 0.3) is 0 Å². The predicted octanol–water partition coefficient (Wildman–Crippen LogP) is 3.22. The van der Waals surface area contributed by atoms with Gasteiger partial charge in [0.2, 0.25) is 0 Å². The Morgan fingerprint density at radius 1 is 1.13 bits per heavy atom. The Hall–Kier alpha value is -0.820.